The Hall–Kier alpha value is -1.87. The van der Waals surface area contributed by atoms with Crippen LogP contribution in [0.2, 0.25) is 0 Å². The molecule has 0 atom stereocenters. The average molecular weight is 511 g/mol. The molecule has 1 aromatic heterocycles. The number of Topliss-reactive ketones (excluding diaryl/α,β-unsaturated/α-hetero) is 1. The van der Waals surface area contributed by atoms with Gasteiger partial charge in [-0.2, -0.15) is 36.6 Å². The van der Waals surface area contributed by atoms with E-state index in [1.807, 2.05) is 13.8 Å². The third-order valence-electron chi connectivity index (χ3n) is 3.38. The zero-order valence-corrected chi connectivity index (χ0v) is 18.0. The number of carbonyl (C=O) groups is 2. The van der Waals surface area contributed by atoms with Crippen LogP contribution in [0.5, 0.6) is 0 Å². The maximum atomic E-state index is 12.2. The van der Waals surface area contributed by atoms with Crippen LogP contribution in [0.4, 0.5) is 5.69 Å². The first-order valence-corrected chi connectivity index (χ1v) is 8.19. The van der Waals surface area contributed by atoms with Gasteiger partial charge in [0.05, 0.1) is 5.56 Å². The Bertz CT molecular complexity index is 678. The molecule has 134 valence electrons. The van der Waals surface area contributed by atoms with Gasteiger partial charge in [-0.3, -0.25) is 14.7 Å². The SMILES string of the molecule is CC.[CH2-]C.[CH2-]c1ccc(NC(=O)c2n[nH]c3c2C(=O)CCC3)cc1.[W+2]. The number of nitrogens with zero attached hydrogens (tertiary/aromatic N) is 1. The van der Waals surface area contributed by atoms with E-state index in [0.717, 1.165) is 24.1 Å². The van der Waals surface area contributed by atoms with Gasteiger partial charge in [0.1, 0.15) is 0 Å². The van der Waals surface area contributed by atoms with E-state index in [1.165, 1.54) is 0 Å². The number of ketones is 1. The van der Waals surface area contributed by atoms with Crippen LogP contribution in [-0.4, -0.2) is 21.9 Å². The second-order valence-corrected chi connectivity index (χ2v) is 4.85. The Morgan fingerprint density at radius 3 is 2.36 bits per heavy atom. The van der Waals surface area contributed by atoms with Gasteiger partial charge >= 0.3 is 21.1 Å². The van der Waals surface area contributed by atoms with E-state index in [1.54, 1.807) is 31.2 Å². The second-order valence-electron chi connectivity index (χ2n) is 4.85. The first-order valence-electron chi connectivity index (χ1n) is 8.19. The normalized spacial score (nSPS) is 11.6. The van der Waals surface area contributed by atoms with Gasteiger partial charge in [0.25, 0.3) is 5.91 Å². The number of rotatable bonds is 2. The van der Waals surface area contributed by atoms with Crippen LogP contribution in [0.25, 0.3) is 0 Å². The van der Waals surface area contributed by atoms with Crippen molar-refractivity contribution >= 4 is 17.4 Å². The summed E-state index contributed by atoms with van der Waals surface area (Å²) in [6.45, 7) is 12.8. The molecule has 0 unspecified atom stereocenters. The summed E-state index contributed by atoms with van der Waals surface area (Å²) in [6.07, 6.45) is 2.04. The van der Waals surface area contributed by atoms with Gasteiger partial charge in [-0.05, 0) is 12.8 Å². The molecular weight excluding hydrogens is 486 g/mol. The molecule has 0 bridgehead atoms. The largest absolute Gasteiger partial charge is 2.00 e. The van der Waals surface area contributed by atoms with Crippen molar-refractivity contribution in [2.75, 3.05) is 5.32 Å². The molecule has 2 N–H and O–H groups in total. The molecule has 6 heteroatoms. The summed E-state index contributed by atoms with van der Waals surface area (Å²) in [5.74, 6) is -0.382. The number of carbonyl (C=O) groups excluding carboxylic acids is 2. The van der Waals surface area contributed by atoms with E-state index in [0.29, 0.717) is 17.7 Å². The molecule has 1 aromatic carbocycles. The number of H-pyrrole nitrogens is 1. The fourth-order valence-corrected chi connectivity index (χ4v) is 2.35. The monoisotopic (exact) mass is 511 g/mol. The number of fused-ring (bicyclic) bond motifs is 1. The molecule has 5 nitrogen and oxygen atoms in total. The van der Waals surface area contributed by atoms with E-state index in [4.69, 9.17) is 0 Å². The number of amides is 1. The molecule has 0 saturated carbocycles. The Morgan fingerprint density at radius 1 is 1.16 bits per heavy atom. The molecule has 1 amide bonds. The van der Waals surface area contributed by atoms with Crippen molar-refractivity contribution in [2.24, 2.45) is 0 Å². The molecule has 0 aliphatic heterocycles. The van der Waals surface area contributed by atoms with Crippen molar-refractivity contribution in [3.05, 3.63) is 60.6 Å². The molecule has 3 rings (SSSR count). The van der Waals surface area contributed by atoms with Crippen molar-refractivity contribution in [3.63, 3.8) is 0 Å². The summed E-state index contributed by atoms with van der Waals surface area (Å²) in [7, 11) is 0. The van der Waals surface area contributed by atoms with Crippen LogP contribution in [0.1, 0.15) is 65.7 Å². The van der Waals surface area contributed by atoms with Gasteiger partial charge in [-0.15, -0.1) is 0 Å². The minimum absolute atomic E-state index is 0. The number of anilines is 1. The van der Waals surface area contributed by atoms with E-state index in [-0.39, 0.29) is 38.4 Å². The number of benzene rings is 1. The summed E-state index contributed by atoms with van der Waals surface area (Å²) in [4.78, 5) is 24.1. The van der Waals surface area contributed by atoms with Crippen LogP contribution in [0.15, 0.2) is 24.3 Å². The minimum Gasteiger partial charge on any atom is -0.346 e. The summed E-state index contributed by atoms with van der Waals surface area (Å²) in [5.41, 5.74) is 2.92. The van der Waals surface area contributed by atoms with Crippen molar-refractivity contribution in [2.45, 2.75) is 40.0 Å². The van der Waals surface area contributed by atoms with Gasteiger partial charge < -0.3 is 12.2 Å². The average Bonchev–Trinajstić information content (AvgIpc) is 3.06. The molecule has 0 radical (unpaired) electrons. The molecular formula is C19H25N3O2W. The molecule has 1 heterocycles. The molecule has 0 fully saturated rings. The van der Waals surface area contributed by atoms with Crippen LogP contribution in [0, 0.1) is 13.8 Å². The van der Waals surface area contributed by atoms with Gasteiger partial charge in [0, 0.05) is 17.8 Å². The first kappa shape index (κ1) is 23.1. The Kier molecular flexibility index (Phi) is 10.8. The van der Waals surface area contributed by atoms with E-state index in [9.17, 15) is 9.59 Å². The van der Waals surface area contributed by atoms with Crippen molar-refractivity contribution < 1.29 is 30.7 Å². The fraction of sp³-hybridized carbons (Fsp3) is 0.316. The fourth-order valence-electron chi connectivity index (χ4n) is 2.35. The third kappa shape index (κ3) is 5.86. The smallest absolute Gasteiger partial charge is 0.346 e. The summed E-state index contributed by atoms with van der Waals surface area (Å²) in [5, 5.41) is 9.52. The predicted octanol–water partition coefficient (Wildman–Crippen LogP) is 4.23. The number of aromatic amines is 1. The van der Waals surface area contributed by atoms with Crippen molar-refractivity contribution in [1.82, 2.24) is 10.2 Å². The maximum Gasteiger partial charge on any atom is 2.00 e. The Morgan fingerprint density at radius 2 is 1.76 bits per heavy atom. The zero-order chi connectivity index (χ0) is 18.1. The van der Waals surface area contributed by atoms with Crippen LogP contribution in [-0.2, 0) is 27.5 Å². The van der Waals surface area contributed by atoms with Gasteiger partial charge in [0.15, 0.2) is 11.5 Å². The zero-order valence-electron chi connectivity index (χ0n) is 15.0. The summed E-state index contributed by atoms with van der Waals surface area (Å²) < 4.78 is 0. The topological polar surface area (TPSA) is 74.8 Å². The van der Waals surface area contributed by atoms with Crippen molar-refractivity contribution in [1.29, 1.82) is 0 Å². The Labute approximate surface area is 164 Å². The molecule has 0 saturated heterocycles. The molecule has 1 aliphatic rings. The van der Waals surface area contributed by atoms with E-state index in [2.05, 4.69) is 29.4 Å². The maximum absolute atomic E-state index is 12.2. The molecule has 2 aromatic rings. The third-order valence-corrected chi connectivity index (χ3v) is 3.38. The first-order chi connectivity index (χ1) is 11.6. The van der Waals surface area contributed by atoms with E-state index < -0.39 is 0 Å². The number of hydrogen-bond acceptors (Lipinski definition) is 3. The van der Waals surface area contributed by atoms with Gasteiger partial charge in [0.2, 0.25) is 0 Å². The quantitative estimate of drug-likeness (QED) is 0.593. The summed E-state index contributed by atoms with van der Waals surface area (Å²) in [6, 6.07) is 7.14. The minimum atomic E-state index is -0.366. The molecule has 25 heavy (non-hydrogen) atoms. The molecule has 1 aliphatic carbocycles. The number of aromatic nitrogens is 2. The molecule has 0 spiro atoms. The van der Waals surface area contributed by atoms with E-state index >= 15 is 0 Å². The summed E-state index contributed by atoms with van der Waals surface area (Å²) >= 11 is 0. The number of aryl methyl sites for hydroxylation is 1. The second kappa shape index (κ2) is 11.6. The van der Waals surface area contributed by atoms with Crippen LogP contribution < -0.4 is 5.32 Å². The number of nitrogens with one attached hydrogen (secondary N) is 2. The van der Waals surface area contributed by atoms with Gasteiger partial charge in [-0.25, -0.2) is 0 Å². The Balaban J connectivity index is 0.00000108. The predicted molar refractivity (Wildman–Crippen MR) is 97.1 cm³/mol. The van der Waals surface area contributed by atoms with Crippen molar-refractivity contribution in [3.8, 4) is 0 Å². The standard InChI is InChI=1S/C15H14N3O2.C2H6.C2H5.W/c1-9-5-7-10(8-6-9)16-15(20)14-13-11(17-18-14)3-2-4-12(13)19;2*1-2;/h5-8H,1-4H2,(H,16,20)(H,17,18);1-2H3;1H2,2H3;/q-1;;-1;+2. The number of hydrogen-bond donors (Lipinski definition) is 2. The van der Waals surface area contributed by atoms with Crippen LogP contribution >= 0.6 is 0 Å². The van der Waals surface area contributed by atoms with Gasteiger partial charge in [-0.1, -0.05) is 26.0 Å². The van der Waals surface area contributed by atoms with Crippen LogP contribution in [0.3, 0.4) is 0 Å².